The molecule has 0 aliphatic heterocycles. The van der Waals surface area contributed by atoms with Crippen LogP contribution in [0.2, 0.25) is 10.0 Å². The van der Waals surface area contributed by atoms with Gasteiger partial charge in [-0.15, -0.1) is 0 Å². The van der Waals surface area contributed by atoms with E-state index in [4.69, 9.17) is 29.0 Å². The van der Waals surface area contributed by atoms with Crippen LogP contribution in [-0.4, -0.2) is 31.6 Å². The lowest BCUT2D eigenvalue weighted by molar-refractivity contribution is -0.167. The minimum absolute atomic E-state index is 0.246. The third kappa shape index (κ3) is 5.60. The van der Waals surface area contributed by atoms with E-state index in [1.54, 1.807) is 18.2 Å². The molecule has 9 heteroatoms. The lowest BCUT2D eigenvalue weighted by Gasteiger charge is -2.20. The topological polar surface area (TPSA) is 47.3 Å². The maximum absolute atomic E-state index is 12.7. The van der Waals surface area contributed by atoms with Gasteiger partial charge >= 0.3 is 12.3 Å². The van der Waals surface area contributed by atoms with E-state index in [-0.39, 0.29) is 13.0 Å². The van der Waals surface area contributed by atoms with E-state index in [0.717, 1.165) is 0 Å². The summed E-state index contributed by atoms with van der Waals surface area (Å²) in [6, 6.07) is 4.38. The Balaban J connectivity index is 2.55. The molecule has 3 nitrogen and oxygen atoms in total. The average molecular weight is 349 g/mol. The molecule has 0 aliphatic carbocycles. The molecule has 0 saturated heterocycles. The zero-order chi connectivity index (χ0) is 16.0. The molecule has 0 spiro atoms. The van der Waals surface area contributed by atoms with Gasteiger partial charge in [0.05, 0.1) is 16.7 Å². The van der Waals surface area contributed by atoms with Gasteiger partial charge in [0.2, 0.25) is 0 Å². The van der Waals surface area contributed by atoms with Crippen molar-refractivity contribution in [1.29, 1.82) is 0 Å². The maximum atomic E-state index is 12.7. The van der Waals surface area contributed by atoms with E-state index >= 15 is 0 Å². The highest BCUT2D eigenvalue weighted by Gasteiger charge is 2.41. The Labute approximate surface area is 129 Å². The van der Waals surface area contributed by atoms with E-state index < -0.39 is 25.0 Å². The van der Waals surface area contributed by atoms with Crippen molar-refractivity contribution in [3.8, 4) is 0 Å². The van der Waals surface area contributed by atoms with Crippen LogP contribution in [0.1, 0.15) is 5.56 Å². The number of nitrogens with two attached hydrogens (primary N) is 1. The van der Waals surface area contributed by atoms with Gasteiger partial charge in [-0.05, 0) is 18.1 Å². The summed E-state index contributed by atoms with van der Waals surface area (Å²) in [4.78, 5) is 0. The first-order valence-corrected chi connectivity index (χ1v) is 6.66. The zero-order valence-corrected chi connectivity index (χ0v) is 12.3. The molecule has 1 rings (SSSR count). The van der Waals surface area contributed by atoms with Crippen molar-refractivity contribution in [3.05, 3.63) is 33.8 Å². The second-order valence-corrected chi connectivity index (χ2v) is 5.14. The third-order valence-electron chi connectivity index (χ3n) is 2.67. The number of nitrogens with one attached hydrogen (secondary N) is 1. The maximum Gasteiger partial charge on any atom is 0.330 e. The van der Waals surface area contributed by atoms with E-state index in [1.165, 1.54) is 0 Å². The summed E-state index contributed by atoms with van der Waals surface area (Å²) in [6.07, 6.45) is -3.53. The predicted molar refractivity (Wildman–Crippen MR) is 73.0 cm³/mol. The summed E-state index contributed by atoms with van der Waals surface area (Å²) in [5.41, 5.74) is 2.99. The summed E-state index contributed by atoms with van der Waals surface area (Å²) in [5, 5.41) is 0.660. The predicted octanol–water partition coefficient (Wildman–Crippen LogP) is 3.28. The van der Waals surface area contributed by atoms with Crippen LogP contribution in [0, 0.1) is 0 Å². The number of alkyl halides is 4. The smallest absolute Gasteiger partial charge is 0.330 e. The molecule has 0 aliphatic rings. The fourth-order valence-electron chi connectivity index (χ4n) is 1.54. The number of hydrogen-bond donors (Lipinski definition) is 2. The quantitative estimate of drug-likeness (QED) is 0.430. The minimum Gasteiger partial charge on any atom is -0.373 e. The van der Waals surface area contributed by atoms with Gasteiger partial charge in [0.25, 0.3) is 0 Å². The van der Waals surface area contributed by atoms with Gasteiger partial charge in [0.1, 0.15) is 6.61 Å². The number of hydrogen-bond acceptors (Lipinski definition) is 3. The Morgan fingerprint density at radius 2 is 1.95 bits per heavy atom. The Hall–Kier alpha value is -0.600. The Morgan fingerprint density at radius 1 is 1.29 bits per heavy atom. The van der Waals surface area contributed by atoms with Crippen molar-refractivity contribution in [2.75, 3.05) is 13.2 Å². The van der Waals surface area contributed by atoms with Crippen LogP contribution in [0.4, 0.5) is 17.6 Å². The average Bonchev–Trinajstić information content (AvgIpc) is 2.42. The first-order chi connectivity index (χ1) is 9.77. The molecule has 1 aromatic rings. The molecule has 120 valence electrons. The Morgan fingerprint density at radius 3 is 2.52 bits per heavy atom. The molecule has 1 unspecified atom stereocenters. The van der Waals surface area contributed by atoms with E-state index in [0.29, 0.717) is 15.6 Å². The highest BCUT2D eigenvalue weighted by Crippen LogP contribution is 2.27. The largest absolute Gasteiger partial charge is 0.373 e. The second-order valence-electron chi connectivity index (χ2n) is 4.36. The number of halogens is 6. The molecule has 0 amide bonds. The Kier molecular flexibility index (Phi) is 7.15. The van der Waals surface area contributed by atoms with Crippen LogP contribution in [0.5, 0.6) is 0 Å². The third-order valence-corrected chi connectivity index (χ3v) is 3.52. The van der Waals surface area contributed by atoms with Crippen LogP contribution in [0.15, 0.2) is 18.2 Å². The molecule has 0 bridgehead atoms. The van der Waals surface area contributed by atoms with Gasteiger partial charge in [-0.3, -0.25) is 11.3 Å². The molecule has 0 fully saturated rings. The lowest BCUT2D eigenvalue weighted by Crippen LogP contribution is -2.42. The molecule has 1 atom stereocenters. The fourth-order valence-corrected chi connectivity index (χ4v) is 1.94. The molecule has 1 aromatic carbocycles. The van der Waals surface area contributed by atoms with Crippen LogP contribution in [0.3, 0.4) is 0 Å². The van der Waals surface area contributed by atoms with E-state index in [2.05, 4.69) is 10.2 Å². The monoisotopic (exact) mass is 348 g/mol. The van der Waals surface area contributed by atoms with Crippen molar-refractivity contribution in [2.24, 2.45) is 5.84 Å². The van der Waals surface area contributed by atoms with Crippen LogP contribution in [0.25, 0.3) is 0 Å². The molecular formula is C12H14Cl2F4N2O. The highest BCUT2D eigenvalue weighted by molar-refractivity contribution is 6.42. The molecule has 3 N–H and O–H groups in total. The van der Waals surface area contributed by atoms with Gasteiger partial charge in [-0.2, -0.15) is 8.78 Å². The first-order valence-electron chi connectivity index (χ1n) is 5.90. The highest BCUT2D eigenvalue weighted by atomic mass is 35.5. The number of hydrazine groups is 1. The standard InChI is InChI=1S/C12H14Cl2F4N2O/c13-9-3-1-2-7(10(9)14)4-8(20-19)5-21-6-12(17,18)11(15)16/h1-3,8,11,20H,4-6,19H2. The van der Waals surface area contributed by atoms with Crippen LogP contribution in [-0.2, 0) is 11.2 Å². The first kappa shape index (κ1) is 18.4. The number of ether oxygens (including phenoxy) is 1. The van der Waals surface area contributed by atoms with Gasteiger partial charge < -0.3 is 4.74 Å². The molecule has 0 saturated carbocycles. The van der Waals surface area contributed by atoms with Crippen molar-refractivity contribution in [1.82, 2.24) is 5.43 Å². The van der Waals surface area contributed by atoms with Gasteiger partial charge in [-0.25, -0.2) is 8.78 Å². The summed E-state index contributed by atoms with van der Waals surface area (Å²) in [7, 11) is 0. The second kappa shape index (κ2) is 8.14. The normalized spacial score (nSPS) is 13.7. The SMILES string of the molecule is NNC(COCC(F)(F)C(F)F)Cc1cccc(Cl)c1Cl. The number of rotatable bonds is 8. The minimum atomic E-state index is -4.19. The van der Waals surface area contributed by atoms with E-state index in [9.17, 15) is 17.6 Å². The van der Waals surface area contributed by atoms with Gasteiger partial charge in [0, 0.05) is 6.04 Å². The van der Waals surface area contributed by atoms with Gasteiger partial charge in [0.15, 0.2) is 0 Å². The summed E-state index contributed by atoms with van der Waals surface area (Å²) < 4.78 is 53.9. The summed E-state index contributed by atoms with van der Waals surface area (Å²) in [5.74, 6) is 1.09. The van der Waals surface area contributed by atoms with Crippen molar-refractivity contribution in [2.45, 2.75) is 24.8 Å². The van der Waals surface area contributed by atoms with E-state index in [1.807, 2.05) is 0 Å². The van der Waals surface area contributed by atoms with Gasteiger partial charge in [-0.1, -0.05) is 35.3 Å². The lowest BCUT2D eigenvalue weighted by atomic mass is 10.1. The van der Waals surface area contributed by atoms with Crippen LogP contribution >= 0.6 is 23.2 Å². The molecule has 0 radical (unpaired) electrons. The molecule has 0 heterocycles. The summed E-state index contributed by atoms with van der Waals surface area (Å²) in [6.45, 7) is -1.66. The number of benzene rings is 1. The Bertz CT molecular complexity index is 463. The van der Waals surface area contributed by atoms with Crippen molar-refractivity contribution in [3.63, 3.8) is 0 Å². The summed E-state index contributed by atoms with van der Waals surface area (Å²) >= 11 is 11.8. The van der Waals surface area contributed by atoms with Crippen molar-refractivity contribution < 1.29 is 22.3 Å². The fraction of sp³-hybridized carbons (Fsp3) is 0.500. The molecule has 21 heavy (non-hydrogen) atoms. The molecular weight excluding hydrogens is 335 g/mol. The van der Waals surface area contributed by atoms with Crippen LogP contribution < -0.4 is 11.3 Å². The zero-order valence-electron chi connectivity index (χ0n) is 10.8. The van der Waals surface area contributed by atoms with Crippen molar-refractivity contribution >= 4 is 23.2 Å². The molecule has 0 aromatic heterocycles.